The number of aromatic nitrogens is 3. The van der Waals surface area contributed by atoms with Crippen molar-refractivity contribution >= 4 is 0 Å². The number of hydrogen-bond donors (Lipinski definition) is 5. The number of aliphatic hydroxyl groups is 2. The molecule has 5 heteroatoms. The molecule has 0 radical (unpaired) electrons. The summed E-state index contributed by atoms with van der Waals surface area (Å²) < 4.78 is 0. The van der Waals surface area contributed by atoms with Crippen LogP contribution in [0.2, 0.25) is 0 Å². The Labute approximate surface area is 160 Å². The summed E-state index contributed by atoms with van der Waals surface area (Å²) in [5, 5.41) is 21.7. The van der Waals surface area contributed by atoms with Crippen LogP contribution in [0, 0.1) is 27.7 Å². The highest BCUT2D eigenvalue weighted by molar-refractivity contribution is 5.41. The van der Waals surface area contributed by atoms with E-state index in [-0.39, 0.29) is 0 Å². The highest BCUT2D eigenvalue weighted by Crippen LogP contribution is 2.31. The number of H-pyrrole nitrogens is 3. The van der Waals surface area contributed by atoms with Gasteiger partial charge < -0.3 is 25.2 Å². The second kappa shape index (κ2) is 7.41. The Bertz CT molecular complexity index is 871. The first kappa shape index (κ1) is 19.5. The fourth-order valence-electron chi connectivity index (χ4n) is 4.30. The maximum atomic E-state index is 10.9. The second-order valence-electron chi connectivity index (χ2n) is 7.42. The monoisotopic (exact) mass is 369 g/mol. The van der Waals surface area contributed by atoms with Crippen molar-refractivity contribution in [3.8, 4) is 0 Å². The fourth-order valence-corrected chi connectivity index (χ4v) is 4.30. The molecule has 0 spiro atoms. The van der Waals surface area contributed by atoms with Crippen LogP contribution in [-0.2, 0) is 12.8 Å². The van der Waals surface area contributed by atoms with Gasteiger partial charge in [-0.3, -0.25) is 0 Å². The predicted molar refractivity (Wildman–Crippen MR) is 108 cm³/mol. The molecular formula is C22H31N3O2. The van der Waals surface area contributed by atoms with Crippen molar-refractivity contribution in [2.24, 2.45) is 0 Å². The largest absolute Gasteiger partial charge is 0.381 e. The summed E-state index contributed by atoms with van der Waals surface area (Å²) in [4.78, 5) is 9.86. The van der Waals surface area contributed by atoms with Gasteiger partial charge >= 0.3 is 0 Å². The van der Waals surface area contributed by atoms with Gasteiger partial charge in [-0.05, 0) is 74.9 Å². The van der Waals surface area contributed by atoms with E-state index < -0.39 is 12.2 Å². The first-order valence-corrected chi connectivity index (χ1v) is 9.70. The van der Waals surface area contributed by atoms with Crippen LogP contribution >= 0.6 is 0 Å². The van der Waals surface area contributed by atoms with Gasteiger partial charge in [-0.2, -0.15) is 0 Å². The van der Waals surface area contributed by atoms with E-state index in [0.29, 0.717) is 11.4 Å². The van der Waals surface area contributed by atoms with Crippen LogP contribution in [0.1, 0.15) is 82.5 Å². The van der Waals surface area contributed by atoms with Crippen LogP contribution in [0.25, 0.3) is 0 Å². The summed E-state index contributed by atoms with van der Waals surface area (Å²) in [7, 11) is 0. The molecule has 3 aromatic heterocycles. The van der Waals surface area contributed by atoms with E-state index in [2.05, 4.69) is 28.8 Å². The van der Waals surface area contributed by atoms with Crippen molar-refractivity contribution in [2.75, 3.05) is 0 Å². The predicted octanol–water partition coefficient (Wildman–Crippen LogP) is 4.19. The lowest BCUT2D eigenvalue weighted by molar-refractivity contribution is 0.202. The molecule has 5 N–H and O–H groups in total. The molecule has 3 aromatic rings. The molecule has 3 heterocycles. The van der Waals surface area contributed by atoms with Crippen LogP contribution in [0.15, 0.2) is 12.1 Å². The molecule has 0 aromatic carbocycles. The number of aliphatic hydroxyl groups excluding tert-OH is 2. The lowest BCUT2D eigenvalue weighted by Gasteiger charge is -2.12. The van der Waals surface area contributed by atoms with Gasteiger partial charge in [0, 0.05) is 11.4 Å². The number of hydrogen-bond acceptors (Lipinski definition) is 2. The van der Waals surface area contributed by atoms with Crippen LogP contribution in [-0.4, -0.2) is 25.2 Å². The van der Waals surface area contributed by atoms with E-state index in [1.165, 1.54) is 11.1 Å². The van der Waals surface area contributed by atoms with Crippen LogP contribution in [0.4, 0.5) is 0 Å². The summed E-state index contributed by atoms with van der Waals surface area (Å²) in [5.74, 6) is 0. The van der Waals surface area contributed by atoms with Gasteiger partial charge in [0.05, 0.1) is 22.8 Å². The molecule has 0 amide bonds. The van der Waals surface area contributed by atoms with Crippen LogP contribution in [0.3, 0.4) is 0 Å². The Morgan fingerprint density at radius 1 is 0.704 bits per heavy atom. The molecule has 27 heavy (non-hydrogen) atoms. The third-order valence-corrected chi connectivity index (χ3v) is 5.84. The average molecular weight is 370 g/mol. The van der Waals surface area contributed by atoms with Gasteiger partial charge in [0.25, 0.3) is 0 Å². The van der Waals surface area contributed by atoms with E-state index in [1.54, 1.807) is 0 Å². The van der Waals surface area contributed by atoms with Crippen molar-refractivity contribution in [2.45, 2.75) is 66.6 Å². The zero-order valence-electron chi connectivity index (χ0n) is 17.1. The summed E-state index contributed by atoms with van der Waals surface area (Å²) in [6.45, 7) is 12.4. The Morgan fingerprint density at radius 2 is 1.07 bits per heavy atom. The zero-order valence-corrected chi connectivity index (χ0v) is 17.1. The maximum Gasteiger partial charge on any atom is 0.134 e. The minimum Gasteiger partial charge on any atom is -0.381 e. The SMILES string of the molecule is CCc1c(C)[nH]c(C(O)c2ccc(C(O)c3[nH]c(C)c(CC)c3C)[nH]2)c1C. The van der Waals surface area contributed by atoms with Gasteiger partial charge in [-0.1, -0.05) is 13.8 Å². The summed E-state index contributed by atoms with van der Waals surface area (Å²) in [5.41, 5.74) is 9.87. The Morgan fingerprint density at radius 3 is 1.37 bits per heavy atom. The Balaban J connectivity index is 1.90. The molecule has 0 aliphatic heterocycles. The number of aromatic amines is 3. The smallest absolute Gasteiger partial charge is 0.134 e. The molecule has 0 saturated heterocycles. The average Bonchev–Trinajstić information content (AvgIpc) is 3.31. The minimum atomic E-state index is -0.775. The maximum absolute atomic E-state index is 10.9. The Hall–Kier alpha value is -2.24. The molecule has 2 unspecified atom stereocenters. The molecular weight excluding hydrogens is 338 g/mol. The summed E-state index contributed by atoms with van der Waals surface area (Å²) in [6, 6.07) is 3.69. The van der Waals surface area contributed by atoms with E-state index in [4.69, 9.17) is 0 Å². The summed E-state index contributed by atoms with van der Waals surface area (Å²) in [6.07, 6.45) is 0.312. The van der Waals surface area contributed by atoms with Gasteiger partial charge in [-0.15, -0.1) is 0 Å². The minimum absolute atomic E-state index is 0.674. The quantitative estimate of drug-likeness (QED) is 0.451. The number of nitrogens with one attached hydrogen (secondary N) is 3. The molecule has 0 bridgehead atoms. The van der Waals surface area contributed by atoms with E-state index >= 15 is 0 Å². The van der Waals surface area contributed by atoms with Gasteiger partial charge in [0.15, 0.2) is 0 Å². The Kier molecular flexibility index (Phi) is 5.36. The lowest BCUT2D eigenvalue weighted by Crippen LogP contribution is -2.06. The second-order valence-corrected chi connectivity index (χ2v) is 7.42. The summed E-state index contributed by atoms with van der Waals surface area (Å²) >= 11 is 0. The highest BCUT2D eigenvalue weighted by atomic mass is 16.3. The molecule has 3 rings (SSSR count). The van der Waals surface area contributed by atoms with Crippen LogP contribution in [0.5, 0.6) is 0 Å². The third-order valence-electron chi connectivity index (χ3n) is 5.84. The normalized spacial score (nSPS) is 13.9. The number of aryl methyl sites for hydroxylation is 2. The standard InChI is InChI=1S/C22H31N3O2/c1-7-15-11(3)19(23-13(15)5)21(26)17-9-10-18(25-17)22(27)20-12(4)16(8-2)14(6)24-20/h9-10,21-27H,7-8H2,1-6H3. The first-order valence-electron chi connectivity index (χ1n) is 9.70. The van der Waals surface area contributed by atoms with Crippen molar-refractivity contribution in [1.29, 1.82) is 0 Å². The highest BCUT2D eigenvalue weighted by Gasteiger charge is 2.23. The first-order chi connectivity index (χ1) is 12.8. The lowest BCUT2D eigenvalue weighted by atomic mass is 10.0. The van der Waals surface area contributed by atoms with E-state index in [1.807, 2.05) is 39.8 Å². The topological polar surface area (TPSA) is 87.8 Å². The van der Waals surface area contributed by atoms with Gasteiger partial charge in [0.1, 0.15) is 12.2 Å². The van der Waals surface area contributed by atoms with Crippen molar-refractivity contribution in [1.82, 2.24) is 15.0 Å². The van der Waals surface area contributed by atoms with Crippen LogP contribution < -0.4 is 0 Å². The third kappa shape index (κ3) is 3.26. The van der Waals surface area contributed by atoms with Gasteiger partial charge in [-0.25, -0.2) is 0 Å². The molecule has 0 saturated carbocycles. The molecule has 0 fully saturated rings. The van der Waals surface area contributed by atoms with E-state index in [0.717, 1.165) is 46.7 Å². The molecule has 0 aliphatic carbocycles. The molecule has 5 nitrogen and oxygen atoms in total. The fraction of sp³-hybridized carbons (Fsp3) is 0.455. The van der Waals surface area contributed by atoms with Crippen molar-refractivity contribution in [3.63, 3.8) is 0 Å². The molecule has 146 valence electrons. The number of rotatable bonds is 6. The van der Waals surface area contributed by atoms with Crippen molar-refractivity contribution < 1.29 is 10.2 Å². The molecule has 0 aliphatic rings. The van der Waals surface area contributed by atoms with Crippen molar-refractivity contribution in [3.05, 3.63) is 68.6 Å². The zero-order chi connectivity index (χ0) is 19.9. The molecule has 2 atom stereocenters. The van der Waals surface area contributed by atoms with Gasteiger partial charge in [0.2, 0.25) is 0 Å². The van der Waals surface area contributed by atoms with E-state index in [9.17, 15) is 10.2 Å².